The molecule has 32 heavy (non-hydrogen) atoms. The highest BCUT2D eigenvalue weighted by Crippen LogP contribution is 2.25. The summed E-state index contributed by atoms with van der Waals surface area (Å²) in [7, 11) is 0. The predicted octanol–water partition coefficient (Wildman–Crippen LogP) is 3.62. The van der Waals surface area contributed by atoms with Crippen LogP contribution >= 0.6 is 12.2 Å². The number of hydrogen-bond acceptors (Lipinski definition) is 4. The van der Waals surface area contributed by atoms with E-state index in [0.717, 1.165) is 11.1 Å². The molecule has 1 aliphatic heterocycles. The van der Waals surface area contributed by atoms with Crippen LogP contribution in [0.5, 0.6) is 0 Å². The van der Waals surface area contributed by atoms with Crippen molar-refractivity contribution in [3.63, 3.8) is 0 Å². The summed E-state index contributed by atoms with van der Waals surface area (Å²) in [6.07, 6.45) is 3.26. The average molecular weight is 446 g/mol. The lowest BCUT2D eigenvalue weighted by Crippen LogP contribution is -2.54. The molecular formula is C24H19N3O4S. The van der Waals surface area contributed by atoms with Crippen LogP contribution in [-0.2, 0) is 9.59 Å². The second kappa shape index (κ2) is 8.24. The molecule has 0 aliphatic carbocycles. The highest BCUT2D eigenvalue weighted by molar-refractivity contribution is 7.80. The maximum Gasteiger partial charge on any atom is 0.335 e. The third-order valence-corrected chi connectivity index (χ3v) is 5.32. The molecule has 4 rings (SSSR count). The molecule has 8 heteroatoms. The van der Waals surface area contributed by atoms with Gasteiger partial charge in [0.15, 0.2) is 5.11 Å². The summed E-state index contributed by atoms with van der Waals surface area (Å²) in [5, 5.41) is 11.7. The van der Waals surface area contributed by atoms with Crippen molar-refractivity contribution in [1.29, 1.82) is 0 Å². The maximum atomic E-state index is 13.3. The van der Waals surface area contributed by atoms with E-state index in [1.54, 1.807) is 35.0 Å². The van der Waals surface area contributed by atoms with Crippen molar-refractivity contribution in [3.8, 4) is 5.69 Å². The summed E-state index contributed by atoms with van der Waals surface area (Å²) in [5.74, 6) is -2.11. The molecule has 1 fully saturated rings. The van der Waals surface area contributed by atoms with E-state index in [-0.39, 0.29) is 16.2 Å². The van der Waals surface area contributed by atoms with Crippen molar-refractivity contribution in [3.05, 3.63) is 88.8 Å². The van der Waals surface area contributed by atoms with Gasteiger partial charge in [0.25, 0.3) is 11.8 Å². The lowest BCUT2D eigenvalue weighted by Gasteiger charge is -2.29. The van der Waals surface area contributed by atoms with Gasteiger partial charge in [-0.05, 0) is 91.8 Å². The molecule has 0 atom stereocenters. The van der Waals surface area contributed by atoms with E-state index in [1.165, 1.54) is 23.1 Å². The predicted molar refractivity (Wildman–Crippen MR) is 125 cm³/mol. The Morgan fingerprint density at radius 3 is 2.28 bits per heavy atom. The molecule has 0 spiro atoms. The highest BCUT2D eigenvalue weighted by atomic mass is 32.1. The van der Waals surface area contributed by atoms with Crippen molar-refractivity contribution in [2.24, 2.45) is 0 Å². The van der Waals surface area contributed by atoms with Gasteiger partial charge in [-0.15, -0.1) is 0 Å². The highest BCUT2D eigenvalue weighted by Gasteiger charge is 2.34. The molecule has 0 saturated carbocycles. The third kappa shape index (κ3) is 3.95. The van der Waals surface area contributed by atoms with Crippen LogP contribution in [0.4, 0.5) is 5.69 Å². The van der Waals surface area contributed by atoms with E-state index in [1.807, 2.05) is 32.0 Å². The number of nitrogens with one attached hydrogen (secondary N) is 1. The van der Waals surface area contributed by atoms with E-state index in [9.17, 15) is 14.4 Å². The smallest absolute Gasteiger partial charge is 0.335 e. The fourth-order valence-electron chi connectivity index (χ4n) is 3.63. The molecule has 2 aromatic carbocycles. The average Bonchev–Trinajstić information content (AvgIpc) is 3.18. The Hall–Kier alpha value is -4.04. The summed E-state index contributed by atoms with van der Waals surface area (Å²) in [6.45, 7) is 3.84. The minimum Gasteiger partial charge on any atom is -0.478 e. The zero-order chi connectivity index (χ0) is 23.0. The van der Waals surface area contributed by atoms with Gasteiger partial charge in [0.1, 0.15) is 5.57 Å². The molecule has 1 aromatic heterocycles. The largest absolute Gasteiger partial charge is 0.478 e. The Kier molecular flexibility index (Phi) is 5.46. The molecule has 7 nitrogen and oxygen atoms in total. The van der Waals surface area contributed by atoms with Crippen LogP contribution in [0.15, 0.2) is 66.4 Å². The monoisotopic (exact) mass is 445 g/mol. The lowest BCUT2D eigenvalue weighted by atomic mass is 10.1. The van der Waals surface area contributed by atoms with Gasteiger partial charge >= 0.3 is 5.97 Å². The van der Waals surface area contributed by atoms with Gasteiger partial charge in [0, 0.05) is 17.6 Å². The normalized spacial score (nSPS) is 15.2. The number of aromatic nitrogens is 1. The van der Waals surface area contributed by atoms with Crippen molar-refractivity contribution >= 4 is 46.9 Å². The second-order valence-electron chi connectivity index (χ2n) is 7.46. The van der Waals surface area contributed by atoms with Gasteiger partial charge in [-0.25, -0.2) is 4.79 Å². The Labute approximate surface area is 189 Å². The molecule has 0 unspecified atom stereocenters. The number of carboxylic acids is 1. The number of thiocarbonyl (C=S) groups is 1. The van der Waals surface area contributed by atoms with Crippen LogP contribution in [0.3, 0.4) is 0 Å². The van der Waals surface area contributed by atoms with Gasteiger partial charge in [0.05, 0.1) is 11.3 Å². The van der Waals surface area contributed by atoms with Crippen molar-refractivity contribution in [2.45, 2.75) is 13.8 Å². The summed E-state index contributed by atoms with van der Waals surface area (Å²) in [4.78, 5) is 38.3. The first-order valence-corrected chi connectivity index (χ1v) is 10.2. The minimum atomic E-state index is -1.02. The standard InChI is InChI=1S/C24H19N3O4S/c1-14-10-15(2)12-19(11-14)27-22(29)20(21(28)25-24(27)32)13-18-4-3-9-26(18)17-7-5-16(6-8-17)23(30)31/h3-13H,1-2H3,(H,30,31)(H,25,28,32)/b20-13+. The number of carbonyl (C=O) groups is 3. The Bertz CT molecular complexity index is 1280. The van der Waals surface area contributed by atoms with Gasteiger partial charge in [0.2, 0.25) is 0 Å². The number of amides is 2. The van der Waals surface area contributed by atoms with Crippen LogP contribution < -0.4 is 10.2 Å². The first-order chi connectivity index (χ1) is 15.2. The fraction of sp³-hybridized carbons (Fsp3) is 0.0833. The number of benzene rings is 2. The molecule has 3 aromatic rings. The van der Waals surface area contributed by atoms with Crippen LogP contribution in [0, 0.1) is 13.8 Å². The van der Waals surface area contributed by atoms with E-state index >= 15 is 0 Å². The quantitative estimate of drug-likeness (QED) is 0.364. The number of carboxylic acid groups (broad SMARTS) is 1. The molecule has 0 bridgehead atoms. The lowest BCUT2D eigenvalue weighted by molar-refractivity contribution is -0.122. The number of aromatic carboxylic acids is 1. The van der Waals surface area contributed by atoms with Crippen molar-refractivity contribution < 1.29 is 19.5 Å². The van der Waals surface area contributed by atoms with Crippen molar-refractivity contribution in [1.82, 2.24) is 9.88 Å². The number of aryl methyl sites for hydroxylation is 2. The number of rotatable bonds is 4. The molecule has 2 heterocycles. The Morgan fingerprint density at radius 2 is 1.66 bits per heavy atom. The van der Waals surface area contributed by atoms with Gasteiger partial charge < -0.3 is 9.67 Å². The van der Waals surface area contributed by atoms with Crippen molar-refractivity contribution in [2.75, 3.05) is 4.90 Å². The molecule has 2 N–H and O–H groups in total. The van der Waals surface area contributed by atoms with E-state index < -0.39 is 17.8 Å². The summed E-state index contributed by atoms with van der Waals surface area (Å²) in [5.41, 5.74) is 3.91. The number of hydrogen-bond donors (Lipinski definition) is 2. The SMILES string of the molecule is Cc1cc(C)cc(N2C(=O)/C(=C/c3cccn3-c3ccc(C(=O)O)cc3)C(=O)NC2=S)c1. The zero-order valence-corrected chi connectivity index (χ0v) is 18.1. The number of nitrogens with zero attached hydrogens (tertiary/aromatic N) is 2. The maximum absolute atomic E-state index is 13.3. The van der Waals surface area contributed by atoms with E-state index in [2.05, 4.69) is 5.32 Å². The second-order valence-corrected chi connectivity index (χ2v) is 7.85. The third-order valence-electron chi connectivity index (χ3n) is 5.03. The first kappa shape index (κ1) is 21.2. The van der Waals surface area contributed by atoms with Crippen LogP contribution in [0.2, 0.25) is 0 Å². The molecule has 0 radical (unpaired) electrons. The van der Waals surface area contributed by atoms with Crippen LogP contribution in [0.25, 0.3) is 11.8 Å². The van der Waals surface area contributed by atoms with Gasteiger partial charge in [-0.3, -0.25) is 19.8 Å². The summed E-state index contributed by atoms with van der Waals surface area (Å²) < 4.78 is 1.76. The number of anilines is 1. The summed E-state index contributed by atoms with van der Waals surface area (Å²) >= 11 is 5.28. The zero-order valence-electron chi connectivity index (χ0n) is 17.3. The minimum absolute atomic E-state index is 0.0294. The molecule has 1 saturated heterocycles. The summed E-state index contributed by atoms with van der Waals surface area (Å²) in [6, 6.07) is 15.5. The molecule has 2 amide bonds. The fourth-order valence-corrected chi connectivity index (χ4v) is 3.91. The van der Waals surface area contributed by atoms with Crippen LogP contribution in [-0.4, -0.2) is 32.6 Å². The van der Waals surface area contributed by atoms with Gasteiger partial charge in [-0.2, -0.15) is 0 Å². The number of carbonyl (C=O) groups excluding carboxylic acids is 2. The topological polar surface area (TPSA) is 91.6 Å². The van der Waals surface area contributed by atoms with Crippen LogP contribution in [0.1, 0.15) is 27.2 Å². The molecule has 160 valence electrons. The molecule has 1 aliphatic rings. The van der Waals surface area contributed by atoms with E-state index in [0.29, 0.717) is 17.1 Å². The first-order valence-electron chi connectivity index (χ1n) is 9.75. The Morgan fingerprint density at radius 1 is 1.00 bits per heavy atom. The molecular weight excluding hydrogens is 426 g/mol. The van der Waals surface area contributed by atoms with E-state index in [4.69, 9.17) is 17.3 Å². The Balaban J connectivity index is 1.73. The van der Waals surface area contributed by atoms with Gasteiger partial charge in [-0.1, -0.05) is 6.07 Å².